The zero-order valence-corrected chi connectivity index (χ0v) is 13.9. The number of aromatic nitrogens is 1. The molecule has 1 fully saturated rings. The van der Waals surface area contributed by atoms with Gasteiger partial charge in [-0.1, -0.05) is 0 Å². The summed E-state index contributed by atoms with van der Waals surface area (Å²) in [6.45, 7) is 2.10. The summed E-state index contributed by atoms with van der Waals surface area (Å²) in [4.78, 5) is 26.1. The lowest BCUT2D eigenvalue weighted by molar-refractivity contribution is -0.117. The second-order valence-electron chi connectivity index (χ2n) is 6.05. The first-order chi connectivity index (χ1) is 11.4. The Hall–Kier alpha value is -2.63. The Bertz CT molecular complexity index is 837. The van der Waals surface area contributed by atoms with Gasteiger partial charge in [0.25, 0.3) is 5.56 Å². The van der Waals surface area contributed by atoms with Crippen LogP contribution in [0.2, 0.25) is 0 Å². The fraction of sp³-hybridized carbons (Fsp3) is 0.333. The van der Waals surface area contributed by atoms with Crippen LogP contribution in [0.1, 0.15) is 23.5 Å². The number of benzene rings is 1. The molecule has 3 rings (SSSR count). The first kappa shape index (κ1) is 16.2. The Morgan fingerprint density at radius 3 is 2.71 bits per heavy atom. The molecular formula is C18H19FN2O3. The largest absolute Gasteiger partial charge is 0.497 e. The molecule has 126 valence electrons. The van der Waals surface area contributed by atoms with Crippen LogP contribution in [-0.2, 0) is 11.8 Å². The highest BCUT2D eigenvalue weighted by molar-refractivity contribution is 5.96. The maximum Gasteiger partial charge on any atom is 0.274 e. The third-order valence-corrected chi connectivity index (χ3v) is 4.47. The summed E-state index contributed by atoms with van der Waals surface area (Å²) in [6, 6.07) is 6.43. The fourth-order valence-electron chi connectivity index (χ4n) is 3.28. The number of methoxy groups -OCH3 is 1. The zero-order chi connectivity index (χ0) is 17.4. The number of rotatable bonds is 3. The number of pyridine rings is 1. The average Bonchev–Trinajstić information content (AvgIpc) is 2.90. The van der Waals surface area contributed by atoms with E-state index in [4.69, 9.17) is 4.74 Å². The smallest absolute Gasteiger partial charge is 0.274 e. The Morgan fingerprint density at radius 1 is 1.29 bits per heavy atom. The van der Waals surface area contributed by atoms with Crippen molar-refractivity contribution in [1.29, 1.82) is 0 Å². The predicted octanol–water partition coefficient (Wildman–Crippen LogP) is 2.36. The monoisotopic (exact) mass is 330 g/mol. The van der Waals surface area contributed by atoms with E-state index in [0.29, 0.717) is 23.5 Å². The molecular weight excluding hydrogens is 311 g/mol. The Balaban J connectivity index is 1.96. The molecule has 0 spiro atoms. The van der Waals surface area contributed by atoms with E-state index in [2.05, 4.69) is 0 Å². The molecule has 24 heavy (non-hydrogen) atoms. The highest BCUT2D eigenvalue weighted by atomic mass is 19.1. The molecule has 6 heteroatoms. The third-order valence-electron chi connectivity index (χ3n) is 4.47. The minimum absolute atomic E-state index is 0.169. The maximum absolute atomic E-state index is 14.5. The lowest BCUT2D eigenvalue weighted by Gasteiger charge is -2.18. The number of hydrogen-bond acceptors (Lipinski definition) is 3. The van der Waals surface area contributed by atoms with Crippen molar-refractivity contribution >= 4 is 11.6 Å². The summed E-state index contributed by atoms with van der Waals surface area (Å²) >= 11 is 0. The summed E-state index contributed by atoms with van der Waals surface area (Å²) < 4.78 is 21.0. The van der Waals surface area contributed by atoms with Gasteiger partial charge in [0.1, 0.15) is 17.3 Å². The summed E-state index contributed by atoms with van der Waals surface area (Å²) in [5.74, 6) is -0.384. The van der Waals surface area contributed by atoms with Crippen LogP contribution in [0, 0.1) is 12.7 Å². The second kappa shape index (κ2) is 6.11. The second-order valence-corrected chi connectivity index (χ2v) is 6.05. The number of nitrogens with zero attached hydrogens (tertiary/aromatic N) is 2. The van der Waals surface area contributed by atoms with Crippen LogP contribution >= 0.6 is 0 Å². The van der Waals surface area contributed by atoms with Gasteiger partial charge in [0, 0.05) is 38.2 Å². The highest BCUT2D eigenvalue weighted by Crippen LogP contribution is 2.35. The van der Waals surface area contributed by atoms with Crippen molar-refractivity contribution in [3.05, 3.63) is 57.8 Å². The Kier molecular flexibility index (Phi) is 4.13. The summed E-state index contributed by atoms with van der Waals surface area (Å²) in [6.07, 6.45) is 1.82. The number of amides is 1. The van der Waals surface area contributed by atoms with Gasteiger partial charge in [0.15, 0.2) is 0 Å². The molecule has 0 aliphatic carbocycles. The van der Waals surface area contributed by atoms with Crippen LogP contribution in [0.25, 0.3) is 0 Å². The maximum atomic E-state index is 14.5. The lowest BCUT2D eigenvalue weighted by Crippen LogP contribution is -2.32. The quantitative estimate of drug-likeness (QED) is 0.868. The number of aryl methyl sites for hydroxylation is 2. The highest BCUT2D eigenvalue weighted by Gasteiger charge is 2.35. The lowest BCUT2D eigenvalue weighted by atomic mass is 9.93. The van der Waals surface area contributed by atoms with Gasteiger partial charge in [-0.15, -0.1) is 0 Å². The van der Waals surface area contributed by atoms with Crippen molar-refractivity contribution in [2.45, 2.75) is 19.3 Å². The van der Waals surface area contributed by atoms with Gasteiger partial charge in [0.05, 0.1) is 7.11 Å². The average molecular weight is 330 g/mol. The van der Waals surface area contributed by atoms with E-state index in [1.54, 1.807) is 38.4 Å². The normalized spacial score (nSPS) is 17.4. The molecule has 1 aliphatic rings. The first-order valence-electron chi connectivity index (χ1n) is 7.72. The van der Waals surface area contributed by atoms with Gasteiger partial charge >= 0.3 is 0 Å². The molecule has 1 aliphatic heterocycles. The molecule has 1 aromatic carbocycles. The van der Waals surface area contributed by atoms with Crippen molar-refractivity contribution in [1.82, 2.24) is 4.57 Å². The summed E-state index contributed by atoms with van der Waals surface area (Å²) in [5.41, 5.74) is 1.35. The van der Waals surface area contributed by atoms with E-state index in [0.717, 1.165) is 5.56 Å². The van der Waals surface area contributed by atoms with Crippen molar-refractivity contribution in [2.24, 2.45) is 7.05 Å². The molecule has 0 saturated carbocycles. The molecule has 1 saturated heterocycles. The van der Waals surface area contributed by atoms with Gasteiger partial charge in [-0.05, 0) is 36.2 Å². The van der Waals surface area contributed by atoms with E-state index in [1.165, 1.54) is 22.6 Å². The van der Waals surface area contributed by atoms with Gasteiger partial charge in [-0.3, -0.25) is 9.59 Å². The van der Waals surface area contributed by atoms with E-state index >= 15 is 0 Å². The van der Waals surface area contributed by atoms with Crippen molar-refractivity contribution < 1.29 is 13.9 Å². The molecule has 2 aromatic rings. The van der Waals surface area contributed by atoms with Crippen molar-refractivity contribution in [2.75, 3.05) is 18.6 Å². The molecule has 1 atom stereocenters. The fourth-order valence-corrected chi connectivity index (χ4v) is 3.28. The van der Waals surface area contributed by atoms with E-state index in [1.807, 2.05) is 0 Å². The number of hydrogen-bond donors (Lipinski definition) is 0. The molecule has 0 unspecified atom stereocenters. The van der Waals surface area contributed by atoms with E-state index in [9.17, 15) is 14.0 Å². The van der Waals surface area contributed by atoms with Crippen LogP contribution in [0.15, 0.2) is 35.3 Å². The molecule has 5 nitrogen and oxygen atoms in total. The van der Waals surface area contributed by atoms with Gasteiger partial charge in [-0.2, -0.15) is 0 Å². The summed E-state index contributed by atoms with van der Waals surface area (Å²) in [7, 11) is 3.12. The van der Waals surface area contributed by atoms with Crippen LogP contribution in [0.5, 0.6) is 5.75 Å². The van der Waals surface area contributed by atoms with Gasteiger partial charge < -0.3 is 14.2 Å². The SMILES string of the molecule is COc1cc(C)c([C@H]2CC(=O)N(c3cccn(C)c3=O)C2)c(F)c1. The van der Waals surface area contributed by atoms with Crippen LogP contribution in [0.3, 0.4) is 0 Å². The number of ether oxygens (including phenoxy) is 1. The molecule has 1 aromatic heterocycles. The van der Waals surface area contributed by atoms with Crippen molar-refractivity contribution in [3.8, 4) is 5.75 Å². The summed E-state index contributed by atoms with van der Waals surface area (Å²) in [5, 5.41) is 0. The number of halogens is 1. The molecule has 0 N–H and O–H groups in total. The van der Waals surface area contributed by atoms with Crippen LogP contribution < -0.4 is 15.2 Å². The molecule has 0 bridgehead atoms. The number of carbonyl (C=O) groups is 1. The van der Waals surface area contributed by atoms with Crippen LogP contribution in [-0.4, -0.2) is 24.1 Å². The predicted molar refractivity (Wildman–Crippen MR) is 89.1 cm³/mol. The molecule has 0 radical (unpaired) electrons. The minimum Gasteiger partial charge on any atom is -0.497 e. The first-order valence-corrected chi connectivity index (χ1v) is 7.72. The van der Waals surface area contributed by atoms with Crippen molar-refractivity contribution in [3.63, 3.8) is 0 Å². The Morgan fingerprint density at radius 2 is 2.04 bits per heavy atom. The number of carbonyl (C=O) groups excluding carboxylic acids is 1. The topological polar surface area (TPSA) is 51.5 Å². The molecule has 2 heterocycles. The van der Waals surface area contributed by atoms with E-state index < -0.39 is 0 Å². The third kappa shape index (κ3) is 2.68. The Labute approximate surface area is 139 Å². The van der Waals surface area contributed by atoms with Gasteiger partial charge in [0.2, 0.25) is 5.91 Å². The van der Waals surface area contributed by atoms with Gasteiger partial charge in [-0.25, -0.2) is 4.39 Å². The molecule has 1 amide bonds. The number of anilines is 1. The zero-order valence-electron chi connectivity index (χ0n) is 13.9. The van der Waals surface area contributed by atoms with E-state index in [-0.39, 0.29) is 29.6 Å². The standard InChI is InChI=1S/C18H19FN2O3/c1-11-7-13(24-3)9-14(19)17(11)12-8-16(22)21(10-12)15-5-4-6-20(2)18(15)23/h4-7,9,12H,8,10H2,1-3H3/t12-/m0/s1. The minimum atomic E-state index is -0.382. The van der Waals surface area contributed by atoms with Crippen LogP contribution in [0.4, 0.5) is 10.1 Å².